The van der Waals surface area contributed by atoms with Gasteiger partial charge in [-0.25, -0.2) is 4.98 Å². The van der Waals surface area contributed by atoms with Crippen molar-refractivity contribution in [2.24, 2.45) is 0 Å². The molecule has 0 unspecified atom stereocenters. The zero-order valence-corrected chi connectivity index (χ0v) is 11.3. The molecule has 3 heterocycles. The molecule has 0 spiro atoms. The largest absolute Gasteiger partial charge is 0.374 e. The van der Waals surface area contributed by atoms with E-state index in [0.717, 1.165) is 15.7 Å². The fourth-order valence-electron chi connectivity index (χ4n) is 1.69. The number of rotatable bonds is 3. The number of hydrogen-bond acceptors (Lipinski definition) is 6. The summed E-state index contributed by atoms with van der Waals surface area (Å²) in [7, 11) is 0. The van der Waals surface area contributed by atoms with Gasteiger partial charge in [0.05, 0.1) is 11.4 Å². The Morgan fingerprint density at radius 1 is 1.28 bits per heavy atom. The molecule has 92 valence electrons. The monoisotopic (exact) mass is 277 g/mol. The molecule has 0 fully saturated rings. The van der Waals surface area contributed by atoms with Crippen LogP contribution in [0.3, 0.4) is 0 Å². The van der Waals surface area contributed by atoms with E-state index < -0.39 is 0 Å². The maximum atomic E-state index is 5.58. The molecule has 3 aromatic heterocycles. The highest BCUT2D eigenvalue weighted by atomic mass is 32.1. The molecule has 0 aliphatic heterocycles. The first-order valence-electron chi connectivity index (χ1n) is 5.38. The lowest BCUT2D eigenvalue weighted by Crippen LogP contribution is -1.99. The molecular weight excluding hydrogens is 266 g/mol. The lowest BCUT2D eigenvalue weighted by molar-refractivity contribution is 0.787. The van der Waals surface area contributed by atoms with Crippen molar-refractivity contribution in [3.63, 3.8) is 0 Å². The summed E-state index contributed by atoms with van der Waals surface area (Å²) in [6.07, 6.45) is 3.75. The lowest BCUT2D eigenvalue weighted by atomic mass is 10.4. The molecule has 0 aliphatic carbocycles. The minimum Gasteiger partial charge on any atom is -0.374 e. The molecule has 18 heavy (non-hydrogen) atoms. The van der Waals surface area contributed by atoms with Crippen LogP contribution in [0.5, 0.6) is 0 Å². The van der Waals surface area contributed by atoms with Crippen molar-refractivity contribution in [2.75, 3.05) is 5.73 Å². The standard InChI is InChI=1S/C11H11N5S2/c1-7-2-3-8(17-7)10-13-4-5-16(10)6-9-14-15-11(12)18-9/h2-5H,6H2,1H3,(H2,12,15). The number of nitrogen functional groups attached to an aromatic ring is 1. The first-order chi connectivity index (χ1) is 8.72. The van der Waals surface area contributed by atoms with Gasteiger partial charge in [0.15, 0.2) is 0 Å². The van der Waals surface area contributed by atoms with Crippen LogP contribution < -0.4 is 5.73 Å². The summed E-state index contributed by atoms with van der Waals surface area (Å²) in [4.78, 5) is 6.84. The van der Waals surface area contributed by atoms with Gasteiger partial charge in [-0.1, -0.05) is 11.3 Å². The topological polar surface area (TPSA) is 69.6 Å². The highest BCUT2D eigenvalue weighted by Gasteiger charge is 2.10. The number of hydrogen-bond donors (Lipinski definition) is 1. The Kier molecular flexibility index (Phi) is 2.85. The van der Waals surface area contributed by atoms with Crippen molar-refractivity contribution in [2.45, 2.75) is 13.5 Å². The van der Waals surface area contributed by atoms with Crippen LogP contribution in [0.25, 0.3) is 10.7 Å². The molecule has 5 nitrogen and oxygen atoms in total. The normalized spacial score (nSPS) is 10.9. The molecule has 2 N–H and O–H groups in total. The van der Waals surface area contributed by atoms with Crippen LogP contribution in [0, 0.1) is 6.92 Å². The first kappa shape index (κ1) is 11.4. The summed E-state index contributed by atoms with van der Waals surface area (Å²) in [6, 6.07) is 4.19. The Hall–Kier alpha value is -1.73. The Labute approximate surface area is 112 Å². The number of nitrogens with two attached hydrogens (primary N) is 1. The summed E-state index contributed by atoms with van der Waals surface area (Å²) in [5.41, 5.74) is 5.58. The van der Waals surface area contributed by atoms with Crippen LogP contribution in [0.1, 0.15) is 9.88 Å². The molecule has 3 rings (SSSR count). The van der Waals surface area contributed by atoms with E-state index in [-0.39, 0.29) is 0 Å². The van der Waals surface area contributed by atoms with Gasteiger partial charge in [0, 0.05) is 17.3 Å². The molecule has 0 saturated carbocycles. The lowest BCUT2D eigenvalue weighted by Gasteiger charge is -2.03. The van der Waals surface area contributed by atoms with E-state index in [0.29, 0.717) is 11.7 Å². The maximum absolute atomic E-state index is 5.58. The van der Waals surface area contributed by atoms with Gasteiger partial charge in [-0.2, -0.15) is 0 Å². The summed E-state index contributed by atoms with van der Waals surface area (Å²) in [6.45, 7) is 2.74. The van der Waals surface area contributed by atoms with Crippen molar-refractivity contribution in [3.05, 3.63) is 34.4 Å². The average Bonchev–Trinajstić information content (AvgIpc) is 3.01. The molecule has 0 aliphatic rings. The summed E-state index contributed by atoms with van der Waals surface area (Å²) in [5.74, 6) is 0.960. The Balaban J connectivity index is 1.92. The first-order valence-corrected chi connectivity index (χ1v) is 7.01. The Morgan fingerprint density at radius 2 is 2.17 bits per heavy atom. The highest BCUT2D eigenvalue weighted by Crippen LogP contribution is 2.27. The smallest absolute Gasteiger partial charge is 0.203 e. The molecule has 0 saturated heterocycles. The molecular formula is C11H11N5S2. The SMILES string of the molecule is Cc1ccc(-c2nccn2Cc2nnc(N)s2)s1. The molecule has 7 heteroatoms. The second-order valence-electron chi connectivity index (χ2n) is 3.82. The van der Waals surface area contributed by atoms with Gasteiger partial charge in [0.2, 0.25) is 5.13 Å². The van der Waals surface area contributed by atoms with Gasteiger partial charge in [0.1, 0.15) is 10.8 Å². The molecule has 0 amide bonds. The second-order valence-corrected chi connectivity index (χ2v) is 6.20. The van der Waals surface area contributed by atoms with Crippen molar-refractivity contribution in [3.8, 4) is 10.7 Å². The third kappa shape index (κ3) is 2.14. The van der Waals surface area contributed by atoms with E-state index >= 15 is 0 Å². The van der Waals surface area contributed by atoms with Crippen LogP contribution >= 0.6 is 22.7 Å². The molecule has 0 aromatic carbocycles. The number of nitrogens with zero attached hydrogens (tertiary/aromatic N) is 4. The van der Waals surface area contributed by atoms with Gasteiger partial charge < -0.3 is 10.3 Å². The number of aromatic nitrogens is 4. The molecule has 0 bridgehead atoms. The minimum atomic E-state index is 0.499. The number of thiophene rings is 1. The van der Waals surface area contributed by atoms with Gasteiger partial charge in [-0.05, 0) is 19.1 Å². The van der Waals surface area contributed by atoms with Crippen LogP contribution in [0.2, 0.25) is 0 Å². The summed E-state index contributed by atoms with van der Waals surface area (Å²) in [5, 5.41) is 9.24. The Morgan fingerprint density at radius 3 is 2.83 bits per heavy atom. The van der Waals surface area contributed by atoms with Gasteiger partial charge >= 0.3 is 0 Å². The Bertz CT molecular complexity index is 666. The van der Waals surface area contributed by atoms with Crippen molar-refractivity contribution in [1.29, 1.82) is 0 Å². The van der Waals surface area contributed by atoms with E-state index in [2.05, 4.69) is 38.8 Å². The third-order valence-corrected chi connectivity index (χ3v) is 4.20. The van der Waals surface area contributed by atoms with Crippen molar-refractivity contribution in [1.82, 2.24) is 19.7 Å². The summed E-state index contributed by atoms with van der Waals surface area (Å²) < 4.78 is 2.06. The fourth-order valence-corrected chi connectivity index (χ4v) is 3.18. The van der Waals surface area contributed by atoms with E-state index in [1.54, 1.807) is 17.5 Å². The van der Waals surface area contributed by atoms with Gasteiger partial charge in [0.25, 0.3) is 0 Å². The van der Waals surface area contributed by atoms with Crippen molar-refractivity contribution < 1.29 is 0 Å². The molecule has 0 atom stereocenters. The van der Waals surface area contributed by atoms with E-state index in [9.17, 15) is 0 Å². The number of aryl methyl sites for hydroxylation is 1. The minimum absolute atomic E-state index is 0.499. The predicted octanol–water partition coefficient (Wildman–Crippen LogP) is 2.40. The average molecular weight is 277 g/mol. The van der Waals surface area contributed by atoms with Crippen LogP contribution in [-0.4, -0.2) is 19.7 Å². The van der Waals surface area contributed by atoms with Crippen LogP contribution in [0.15, 0.2) is 24.5 Å². The summed E-state index contributed by atoms with van der Waals surface area (Å²) >= 11 is 3.14. The third-order valence-electron chi connectivity index (χ3n) is 2.46. The van der Waals surface area contributed by atoms with E-state index in [1.807, 2.05) is 6.20 Å². The van der Waals surface area contributed by atoms with Crippen LogP contribution in [0.4, 0.5) is 5.13 Å². The van der Waals surface area contributed by atoms with Crippen molar-refractivity contribution >= 4 is 27.8 Å². The number of anilines is 1. The van der Waals surface area contributed by atoms with Gasteiger partial charge in [-0.3, -0.25) is 0 Å². The second kappa shape index (κ2) is 4.51. The zero-order chi connectivity index (χ0) is 12.5. The number of imidazole rings is 1. The van der Waals surface area contributed by atoms with Crippen LogP contribution in [-0.2, 0) is 6.54 Å². The zero-order valence-electron chi connectivity index (χ0n) is 9.70. The van der Waals surface area contributed by atoms with E-state index in [1.165, 1.54) is 16.2 Å². The van der Waals surface area contributed by atoms with Gasteiger partial charge in [-0.15, -0.1) is 21.5 Å². The quantitative estimate of drug-likeness (QED) is 0.798. The fraction of sp³-hybridized carbons (Fsp3) is 0.182. The predicted molar refractivity (Wildman–Crippen MR) is 73.7 cm³/mol. The highest BCUT2D eigenvalue weighted by molar-refractivity contribution is 7.15. The maximum Gasteiger partial charge on any atom is 0.203 e. The molecule has 0 radical (unpaired) electrons. The van der Waals surface area contributed by atoms with E-state index in [4.69, 9.17) is 5.73 Å². The molecule has 3 aromatic rings.